The number of thiophene rings is 1. The van der Waals surface area contributed by atoms with Crippen LogP contribution in [0.25, 0.3) is 20.1 Å². The van der Waals surface area contributed by atoms with Gasteiger partial charge in [-0.1, -0.05) is 12.1 Å². The number of benzene rings is 1. The number of aromatic nitrogens is 1. The van der Waals surface area contributed by atoms with Gasteiger partial charge in [-0.2, -0.15) is 0 Å². The molecule has 0 spiro atoms. The van der Waals surface area contributed by atoms with Crippen molar-refractivity contribution in [2.24, 2.45) is 0 Å². The Morgan fingerprint density at radius 1 is 1.26 bits per heavy atom. The van der Waals surface area contributed by atoms with Gasteiger partial charge in [0.05, 0.1) is 32.7 Å². The third-order valence-electron chi connectivity index (χ3n) is 3.85. The van der Waals surface area contributed by atoms with Crippen LogP contribution >= 0.6 is 22.7 Å². The van der Waals surface area contributed by atoms with Gasteiger partial charge in [-0.05, 0) is 31.2 Å². The average Bonchev–Trinajstić information content (AvgIpc) is 3.20. The minimum atomic E-state index is 0.0949. The number of amides is 1. The van der Waals surface area contributed by atoms with Crippen molar-refractivity contribution in [1.29, 1.82) is 0 Å². The molecule has 3 aromatic rings. The maximum atomic E-state index is 12.6. The highest BCUT2D eigenvalue weighted by molar-refractivity contribution is 7.26. The summed E-state index contributed by atoms with van der Waals surface area (Å²) in [5, 5.41) is 0.977. The first-order valence-electron chi connectivity index (χ1n) is 7.57. The first-order valence-corrected chi connectivity index (χ1v) is 9.20. The largest absolute Gasteiger partial charge is 0.375 e. The Labute approximate surface area is 142 Å². The predicted octanol–water partition coefficient (Wildman–Crippen LogP) is 3.89. The van der Waals surface area contributed by atoms with Crippen LogP contribution in [0.3, 0.4) is 0 Å². The molecule has 3 heterocycles. The van der Waals surface area contributed by atoms with Gasteiger partial charge in [0.25, 0.3) is 5.91 Å². The fourth-order valence-electron chi connectivity index (χ4n) is 2.70. The monoisotopic (exact) mass is 344 g/mol. The number of morpholine rings is 1. The van der Waals surface area contributed by atoms with Gasteiger partial charge in [-0.15, -0.1) is 22.7 Å². The summed E-state index contributed by atoms with van der Waals surface area (Å²) in [6.45, 7) is 3.94. The number of rotatable bonds is 2. The van der Waals surface area contributed by atoms with E-state index in [9.17, 15) is 4.79 Å². The summed E-state index contributed by atoms with van der Waals surface area (Å²) >= 11 is 3.19. The number of ether oxygens (including phenoxy) is 1. The van der Waals surface area contributed by atoms with Crippen LogP contribution in [0, 0.1) is 0 Å². The number of carbonyl (C=O) groups is 1. The molecule has 1 aromatic carbocycles. The van der Waals surface area contributed by atoms with Gasteiger partial charge >= 0.3 is 0 Å². The van der Waals surface area contributed by atoms with E-state index in [0.717, 1.165) is 20.3 Å². The summed E-state index contributed by atoms with van der Waals surface area (Å²) < 4.78 is 6.68. The van der Waals surface area contributed by atoms with Crippen molar-refractivity contribution in [3.05, 3.63) is 41.3 Å². The Morgan fingerprint density at radius 3 is 2.96 bits per heavy atom. The van der Waals surface area contributed by atoms with Crippen molar-refractivity contribution >= 4 is 38.8 Å². The normalized spacial score (nSPS) is 18.5. The zero-order valence-corrected chi connectivity index (χ0v) is 14.3. The van der Waals surface area contributed by atoms with Crippen molar-refractivity contribution in [3.8, 4) is 9.88 Å². The number of hydrogen-bond donors (Lipinski definition) is 0. The lowest BCUT2D eigenvalue weighted by molar-refractivity contribution is -0.0122. The predicted molar refractivity (Wildman–Crippen MR) is 94.3 cm³/mol. The van der Waals surface area contributed by atoms with Crippen LogP contribution in [0.1, 0.15) is 16.6 Å². The van der Waals surface area contributed by atoms with Crippen LogP contribution in [-0.2, 0) is 4.74 Å². The van der Waals surface area contributed by atoms with E-state index in [4.69, 9.17) is 4.74 Å². The molecule has 1 saturated heterocycles. The number of para-hydroxylation sites is 1. The van der Waals surface area contributed by atoms with Crippen molar-refractivity contribution in [3.63, 3.8) is 0 Å². The molecule has 0 aliphatic carbocycles. The van der Waals surface area contributed by atoms with E-state index in [1.54, 1.807) is 11.3 Å². The Morgan fingerprint density at radius 2 is 2.13 bits per heavy atom. The van der Waals surface area contributed by atoms with Gasteiger partial charge < -0.3 is 9.64 Å². The Bertz CT molecular complexity index is 822. The summed E-state index contributed by atoms with van der Waals surface area (Å²) in [7, 11) is 0. The molecular weight excluding hydrogens is 328 g/mol. The van der Waals surface area contributed by atoms with Gasteiger partial charge in [-0.25, -0.2) is 4.98 Å². The standard InChI is InChI=1S/C17H16N2O2S2/c1-11-10-19(8-9-21-11)17(20)15-7-6-14(22-15)16-18-12-4-2-3-5-13(12)23-16/h2-7,11H,8-10H2,1H3/t11-/m0/s1. The summed E-state index contributed by atoms with van der Waals surface area (Å²) in [5.41, 5.74) is 1.01. The minimum absolute atomic E-state index is 0.0949. The van der Waals surface area contributed by atoms with Gasteiger partial charge in [0.1, 0.15) is 5.01 Å². The second-order valence-electron chi connectivity index (χ2n) is 5.58. The molecular formula is C17H16N2O2S2. The summed E-state index contributed by atoms with van der Waals surface area (Å²) in [6.07, 6.45) is 0.108. The lowest BCUT2D eigenvalue weighted by Gasteiger charge is -2.30. The molecule has 1 fully saturated rings. The summed E-state index contributed by atoms with van der Waals surface area (Å²) in [6, 6.07) is 12.0. The Kier molecular flexibility index (Phi) is 3.88. The molecule has 6 heteroatoms. The van der Waals surface area contributed by atoms with E-state index in [1.807, 2.05) is 42.2 Å². The van der Waals surface area contributed by atoms with Crippen molar-refractivity contribution in [1.82, 2.24) is 9.88 Å². The van der Waals surface area contributed by atoms with Crippen molar-refractivity contribution < 1.29 is 9.53 Å². The molecule has 0 radical (unpaired) electrons. The molecule has 0 unspecified atom stereocenters. The fraction of sp³-hybridized carbons (Fsp3) is 0.294. The van der Waals surface area contributed by atoms with E-state index in [-0.39, 0.29) is 12.0 Å². The van der Waals surface area contributed by atoms with Crippen LogP contribution in [0.4, 0.5) is 0 Å². The molecule has 4 nitrogen and oxygen atoms in total. The molecule has 0 N–H and O–H groups in total. The Hall–Kier alpha value is -1.76. The molecule has 1 atom stereocenters. The lowest BCUT2D eigenvalue weighted by Crippen LogP contribution is -2.44. The third-order valence-corrected chi connectivity index (χ3v) is 6.13. The maximum absolute atomic E-state index is 12.6. The highest BCUT2D eigenvalue weighted by Gasteiger charge is 2.24. The quantitative estimate of drug-likeness (QED) is 0.708. The van der Waals surface area contributed by atoms with E-state index in [0.29, 0.717) is 19.7 Å². The molecule has 0 saturated carbocycles. The molecule has 23 heavy (non-hydrogen) atoms. The van der Waals surface area contributed by atoms with Crippen LogP contribution in [0.2, 0.25) is 0 Å². The van der Waals surface area contributed by atoms with Gasteiger partial charge in [0, 0.05) is 13.1 Å². The topological polar surface area (TPSA) is 42.4 Å². The summed E-state index contributed by atoms with van der Waals surface area (Å²) in [4.78, 5) is 21.0. The number of carbonyl (C=O) groups excluding carboxylic acids is 1. The van der Waals surface area contributed by atoms with E-state index < -0.39 is 0 Å². The average molecular weight is 344 g/mol. The van der Waals surface area contributed by atoms with Crippen LogP contribution in [-0.4, -0.2) is 41.6 Å². The number of nitrogens with zero attached hydrogens (tertiary/aromatic N) is 2. The van der Waals surface area contributed by atoms with Crippen LogP contribution in [0.5, 0.6) is 0 Å². The number of thiazole rings is 1. The highest BCUT2D eigenvalue weighted by Crippen LogP contribution is 2.34. The smallest absolute Gasteiger partial charge is 0.264 e. The molecule has 1 aliphatic heterocycles. The molecule has 118 valence electrons. The SMILES string of the molecule is C[C@H]1CN(C(=O)c2ccc(-c3nc4ccccc4s3)s2)CCO1. The molecule has 1 amide bonds. The number of fused-ring (bicyclic) bond motifs is 1. The lowest BCUT2D eigenvalue weighted by atomic mass is 10.3. The second kappa shape index (κ2) is 6.03. The molecule has 1 aliphatic rings. The molecule has 0 bridgehead atoms. The van der Waals surface area contributed by atoms with Crippen molar-refractivity contribution in [2.45, 2.75) is 13.0 Å². The van der Waals surface area contributed by atoms with E-state index >= 15 is 0 Å². The van der Waals surface area contributed by atoms with Crippen molar-refractivity contribution in [2.75, 3.05) is 19.7 Å². The zero-order chi connectivity index (χ0) is 15.8. The minimum Gasteiger partial charge on any atom is -0.375 e. The summed E-state index contributed by atoms with van der Waals surface area (Å²) in [5.74, 6) is 0.0949. The first kappa shape index (κ1) is 14.8. The number of hydrogen-bond acceptors (Lipinski definition) is 5. The maximum Gasteiger partial charge on any atom is 0.264 e. The highest BCUT2D eigenvalue weighted by atomic mass is 32.1. The first-order chi connectivity index (χ1) is 11.2. The fourth-order valence-corrected chi connectivity index (χ4v) is 4.70. The molecule has 2 aromatic heterocycles. The Balaban J connectivity index is 1.59. The van der Waals surface area contributed by atoms with Crippen LogP contribution < -0.4 is 0 Å². The van der Waals surface area contributed by atoms with Gasteiger partial charge in [0.15, 0.2) is 0 Å². The third kappa shape index (κ3) is 2.89. The second-order valence-corrected chi connectivity index (χ2v) is 7.70. The van der Waals surface area contributed by atoms with Gasteiger partial charge in [0.2, 0.25) is 0 Å². The van der Waals surface area contributed by atoms with E-state index in [1.165, 1.54) is 16.0 Å². The van der Waals surface area contributed by atoms with Gasteiger partial charge in [-0.3, -0.25) is 4.79 Å². The molecule has 4 rings (SSSR count). The zero-order valence-electron chi connectivity index (χ0n) is 12.7. The van der Waals surface area contributed by atoms with E-state index in [2.05, 4.69) is 11.1 Å². The van der Waals surface area contributed by atoms with Crippen LogP contribution in [0.15, 0.2) is 36.4 Å².